The second-order valence-corrected chi connectivity index (χ2v) is 8.54. The second kappa shape index (κ2) is 10.4. The van der Waals surface area contributed by atoms with E-state index in [0.717, 1.165) is 55.5 Å². The fourth-order valence-corrected chi connectivity index (χ4v) is 4.24. The number of ether oxygens (including phenoxy) is 1. The van der Waals surface area contributed by atoms with Gasteiger partial charge in [0.2, 0.25) is 0 Å². The Hall–Kier alpha value is -3.21. The number of aromatic amines is 1. The normalized spacial score (nSPS) is 14.2. The van der Waals surface area contributed by atoms with Gasteiger partial charge in [-0.15, -0.1) is 11.3 Å². The summed E-state index contributed by atoms with van der Waals surface area (Å²) in [4.78, 5) is 27.4. The lowest BCUT2D eigenvalue weighted by molar-refractivity contribution is 0.0374. The highest BCUT2D eigenvalue weighted by atomic mass is 32.1. The summed E-state index contributed by atoms with van der Waals surface area (Å²) in [5.74, 6) is 0.109. The topological polar surface area (TPSA) is 125 Å². The van der Waals surface area contributed by atoms with Crippen molar-refractivity contribution < 1.29 is 14.3 Å². The Morgan fingerprint density at radius 3 is 2.66 bits per heavy atom. The van der Waals surface area contributed by atoms with E-state index in [1.54, 1.807) is 18.2 Å². The van der Waals surface area contributed by atoms with Crippen LogP contribution in [-0.4, -0.2) is 66.3 Å². The first-order chi connectivity index (χ1) is 15.6. The third-order valence-corrected chi connectivity index (χ3v) is 6.29. The molecule has 9 nitrogen and oxygen atoms in total. The molecule has 0 atom stereocenters. The summed E-state index contributed by atoms with van der Waals surface area (Å²) in [5.41, 5.74) is 7.53. The molecule has 1 aromatic carbocycles. The zero-order chi connectivity index (χ0) is 22.3. The number of thiophene rings is 1. The molecule has 5 N–H and O–H groups in total. The number of rotatable bonds is 9. The summed E-state index contributed by atoms with van der Waals surface area (Å²) >= 11 is 1.31. The van der Waals surface area contributed by atoms with Crippen molar-refractivity contribution >= 4 is 34.7 Å². The van der Waals surface area contributed by atoms with Crippen LogP contribution in [0.4, 0.5) is 11.5 Å². The summed E-state index contributed by atoms with van der Waals surface area (Å²) in [7, 11) is 0. The summed E-state index contributed by atoms with van der Waals surface area (Å²) in [6.07, 6.45) is 0.915. The molecule has 0 saturated carbocycles. The second-order valence-electron chi connectivity index (χ2n) is 7.46. The lowest BCUT2D eigenvalue weighted by Crippen LogP contribution is -2.38. The van der Waals surface area contributed by atoms with Crippen LogP contribution >= 0.6 is 11.3 Å². The predicted octanol–water partition coefficient (Wildman–Crippen LogP) is 2.43. The van der Waals surface area contributed by atoms with E-state index in [2.05, 4.69) is 25.7 Å². The number of hydrogen-bond acceptors (Lipinski definition) is 7. The molecule has 1 aliphatic heterocycles. The van der Waals surface area contributed by atoms with Gasteiger partial charge >= 0.3 is 0 Å². The van der Waals surface area contributed by atoms with Crippen LogP contribution in [0.1, 0.15) is 26.5 Å². The zero-order valence-corrected chi connectivity index (χ0v) is 18.4. The van der Waals surface area contributed by atoms with Gasteiger partial charge < -0.3 is 21.1 Å². The molecule has 3 aromatic rings. The van der Waals surface area contributed by atoms with E-state index in [4.69, 9.17) is 10.5 Å². The molecule has 1 fully saturated rings. The van der Waals surface area contributed by atoms with Crippen molar-refractivity contribution in [1.82, 2.24) is 20.4 Å². The number of morpholine rings is 1. The summed E-state index contributed by atoms with van der Waals surface area (Å²) < 4.78 is 5.34. The Morgan fingerprint density at radius 2 is 1.94 bits per heavy atom. The Bertz CT molecular complexity index is 1060. The van der Waals surface area contributed by atoms with E-state index in [1.165, 1.54) is 11.3 Å². The molecule has 1 saturated heterocycles. The van der Waals surface area contributed by atoms with Gasteiger partial charge in [0.25, 0.3) is 11.8 Å². The average molecular weight is 455 g/mol. The fraction of sp³-hybridized carbons (Fsp3) is 0.318. The van der Waals surface area contributed by atoms with Crippen LogP contribution in [0.15, 0.2) is 42.5 Å². The largest absolute Gasteiger partial charge is 0.379 e. The van der Waals surface area contributed by atoms with Crippen LogP contribution in [-0.2, 0) is 4.74 Å². The standard InChI is InChI=1S/C22H26N6O3S/c23-21(29)19-7-6-18(32-19)17-14-20(27-26-17)25-16-4-2-15(3-5-16)22(30)24-8-1-9-28-10-12-31-13-11-28/h2-7,14H,1,8-13H2,(H2,23,29)(H,24,30)(H2,25,26,27). The van der Waals surface area contributed by atoms with E-state index in [0.29, 0.717) is 22.8 Å². The molecule has 4 rings (SSSR count). The van der Waals surface area contributed by atoms with Gasteiger partial charge in [0.1, 0.15) is 0 Å². The number of benzene rings is 1. The highest BCUT2D eigenvalue weighted by molar-refractivity contribution is 7.17. The molecule has 10 heteroatoms. The number of carbonyl (C=O) groups excluding carboxylic acids is 2. The molecule has 1 aliphatic rings. The fourth-order valence-electron chi connectivity index (χ4n) is 3.41. The lowest BCUT2D eigenvalue weighted by Gasteiger charge is -2.26. The number of amides is 2. The van der Waals surface area contributed by atoms with Gasteiger partial charge in [0, 0.05) is 37.0 Å². The number of carbonyl (C=O) groups is 2. The molecule has 0 spiro atoms. The Balaban J connectivity index is 1.25. The Kier molecular flexibility index (Phi) is 7.15. The first kappa shape index (κ1) is 22.0. The minimum atomic E-state index is -0.444. The van der Waals surface area contributed by atoms with E-state index in [1.807, 2.05) is 24.3 Å². The van der Waals surface area contributed by atoms with Crippen LogP contribution in [0.25, 0.3) is 10.6 Å². The minimum Gasteiger partial charge on any atom is -0.379 e. The van der Waals surface area contributed by atoms with Crippen LogP contribution in [0.3, 0.4) is 0 Å². The van der Waals surface area contributed by atoms with Crippen LogP contribution in [0.2, 0.25) is 0 Å². The smallest absolute Gasteiger partial charge is 0.258 e. The number of H-pyrrole nitrogens is 1. The maximum atomic E-state index is 12.4. The van der Waals surface area contributed by atoms with Crippen molar-refractivity contribution in [2.45, 2.75) is 6.42 Å². The number of nitrogens with two attached hydrogens (primary N) is 1. The van der Waals surface area contributed by atoms with Gasteiger partial charge in [0.05, 0.1) is 28.7 Å². The van der Waals surface area contributed by atoms with Crippen molar-refractivity contribution in [3.05, 3.63) is 52.9 Å². The predicted molar refractivity (Wildman–Crippen MR) is 124 cm³/mol. The maximum Gasteiger partial charge on any atom is 0.258 e. The third kappa shape index (κ3) is 5.72. The third-order valence-electron chi connectivity index (χ3n) is 5.15. The van der Waals surface area contributed by atoms with Crippen molar-refractivity contribution in [2.75, 3.05) is 44.7 Å². The average Bonchev–Trinajstić information content (AvgIpc) is 3.48. The summed E-state index contributed by atoms with van der Waals surface area (Å²) in [6.45, 7) is 5.11. The SMILES string of the molecule is NC(=O)c1ccc(-c2cc(Nc3ccc(C(=O)NCCCN4CCOCC4)cc3)n[nH]2)s1. The number of nitrogens with zero attached hydrogens (tertiary/aromatic N) is 2. The zero-order valence-electron chi connectivity index (χ0n) is 17.6. The van der Waals surface area contributed by atoms with Crippen molar-refractivity contribution in [3.8, 4) is 10.6 Å². The lowest BCUT2D eigenvalue weighted by atomic mass is 10.2. The first-order valence-corrected chi connectivity index (χ1v) is 11.3. The van der Waals surface area contributed by atoms with Crippen LogP contribution in [0.5, 0.6) is 0 Å². The van der Waals surface area contributed by atoms with E-state index >= 15 is 0 Å². The number of nitrogens with one attached hydrogen (secondary N) is 3. The molecule has 0 unspecified atom stereocenters. The minimum absolute atomic E-state index is 0.0801. The van der Waals surface area contributed by atoms with Gasteiger partial charge in [-0.25, -0.2) is 0 Å². The van der Waals surface area contributed by atoms with Crippen molar-refractivity contribution in [3.63, 3.8) is 0 Å². The monoisotopic (exact) mass is 454 g/mol. The Labute approximate surface area is 189 Å². The van der Waals surface area contributed by atoms with Gasteiger partial charge in [-0.1, -0.05) is 0 Å². The quantitative estimate of drug-likeness (QED) is 0.368. The molecule has 0 bridgehead atoms. The molecule has 0 aliphatic carbocycles. The molecule has 0 radical (unpaired) electrons. The van der Waals surface area contributed by atoms with E-state index in [-0.39, 0.29) is 5.91 Å². The molecule has 2 amide bonds. The van der Waals surface area contributed by atoms with E-state index in [9.17, 15) is 9.59 Å². The van der Waals surface area contributed by atoms with Crippen LogP contribution < -0.4 is 16.4 Å². The van der Waals surface area contributed by atoms with Gasteiger partial charge in [-0.2, -0.15) is 5.10 Å². The highest BCUT2D eigenvalue weighted by Crippen LogP contribution is 2.28. The number of anilines is 2. The highest BCUT2D eigenvalue weighted by Gasteiger charge is 2.12. The molecule has 2 aromatic heterocycles. The van der Waals surface area contributed by atoms with Gasteiger partial charge in [-0.05, 0) is 49.4 Å². The molecule has 32 heavy (non-hydrogen) atoms. The Morgan fingerprint density at radius 1 is 1.16 bits per heavy atom. The summed E-state index contributed by atoms with van der Waals surface area (Å²) in [6, 6.07) is 12.6. The van der Waals surface area contributed by atoms with E-state index < -0.39 is 5.91 Å². The molecular formula is C22H26N6O3S. The molecule has 168 valence electrons. The number of aromatic nitrogens is 2. The maximum absolute atomic E-state index is 12.4. The summed E-state index contributed by atoms with van der Waals surface area (Å²) in [5, 5.41) is 13.4. The van der Waals surface area contributed by atoms with Gasteiger partial charge in [-0.3, -0.25) is 19.6 Å². The van der Waals surface area contributed by atoms with Gasteiger partial charge in [0.15, 0.2) is 5.82 Å². The van der Waals surface area contributed by atoms with Crippen LogP contribution in [0, 0.1) is 0 Å². The molecule has 3 heterocycles. The van der Waals surface area contributed by atoms with Crippen molar-refractivity contribution in [2.24, 2.45) is 5.73 Å². The first-order valence-electron chi connectivity index (χ1n) is 10.5. The number of hydrogen-bond donors (Lipinski definition) is 4. The molecular weight excluding hydrogens is 428 g/mol. The number of primary amides is 1. The van der Waals surface area contributed by atoms with Crippen molar-refractivity contribution in [1.29, 1.82) is 0 Å².